The highest BCUT2D eigenvalue weighted by molar-refractivity contribution is 8.00. The highest BCUT2D eigenvalue weighted by Gasteiger charge is 2.30. The van der Waals surface area contributed by atoms with Crippen LogP contribution >= 0.6 is 11.8 Å². The van der Waals surface area contributed by atoms with Gasteiger partial charge in [0.25, 0.3) is 0 Å². The highest BCUT2D eigenvalue weighted by Crippen LogP contribution is 2.37. The summed E-state index contributed by atoms with van der Waals surface area (Å²) >= 11 is 1.72. The maximum Gasteiger partial charge on any atom is 0.238 e. The zero-order valence-corrected chi connectivity index (χ0v) is 12.5. The van der Waals surface area contributed by atoms with E-state index in [2.05, 4.69) is 17.4 Å². The minimum Gasteiger partial charge on any atom is -0.382 e. The maximum atomic E-state index is 12.5. The minimum atomic E-state index is -0.335. The van der Waals surface area contributed by atoms with Crippen LogP contribution in [0.5, 0.6) is 0 Å². The van der Waals surface area contributed by atoms with Gasteiger partial charge in [-0.3, -0.25) is 4.79 Å². The normalized spacial score (nSPS) is 18.8. The second-order valence-corrected chi connectivity index (χ2v) is 6.72. The fourth-order valence-electron chi connectivity index (χ4n) is 2.41. The van der Waals surface area contributed by atoms with Gasteiger partial charge in [0.05, 0.1) is 12.1 Å². The van der Waals surface area contributed by atoms with Gasteiger partial charge in [-0.15, -0.1) is 11.8 Å². The highest BCUT2D eigenvalue weighted by atomic mass is 32.2. The topological polar surface area (TPSA) is 38.3 Å². The summed E-state index contributed by atoms with van der Waals surface area (Å²) in [6.45, 7) is 4.47. The summed E-state index contributed by atoms with van der Waals surface area (Å²) in [5.41, 5.74) is 2.12. The lowest BCUT2D eigenvalue weighted by Gasteiger charge is -2.30. The quantitative estimate of drug-likeness (QED) is 0.920. The van der Waals surface area contributed by atoms with Crippen LogP contribution in [0.2, 0.25) is 0 Å². The smallest absolute Gasteiger partial charge is 0.238 e. The maximum absolute atomic E-state index is 12.5. The molecule has 1 aliphatic heterocycles. The molecule has 1 N–H and O–H groups in total. The van der Waals surface area contributed by atoms with E-state index in [1.165, 1.54) is 5.56 Å². The number of carbonyl (C=O) groups is 1. The summed E-state index contributed by atoms with van der Waals surface area (Å²) in [7, 11) is 1.65. The van der Waals surface area contributed by atoms with Crippen LogP contribution in [0, 0.1) is 0 Å². The second kappa shape index (κ2) is 5.97. The van der Waals surface area contributed by atoms with Crippen LogP contribution in [0.1, 0.15) is 30.2 Å². The number of thioether (sulfide) groups is 1. The minimum absolute atomic E-state index is 0.0826. The molecule has 0 aromatic heterocycles. The van der Waals surface area contributed by atoms with Crippen LogP contribution in [0.15, 0.2) is 24.3 Å². The number of rotatable bonds is 4. The molecule has 19 heavy (non-hydrogen) atoms. The van der Waals surface area contributed by atoms with E-state index in [1.807, 2.05) is 26.0 Å². The Labute approximate surface area is 119 Å². The summed E-state index contributed by atoms with van der Waals surface area (Å²) in [5, 5.41) is 2.99. The van der Waals surface area contributed by atoms with Crippen molar-refractivity contribution in [3.63, 3.8) is 0 Å². The molecule has 0 aliphatic carbocycles. The van der Waals surface area contributed by atoms with Crippen molar-refractivity contribution >= 4 is 17.7 Å². The average molecular weight is 279 g/mol. The van der Waals surface area contributed by atoms with Gasteiger partial charge in [0.1, 0.15) is 5.25 Å². The SMILES string of the molecule is COCC(C)(C)NC(=O)C1SCCc2ccccc21. The summed E-state index contributed by atoms with van der Waals surface area (Å²) in [6, 6.07) is 8.23. The molecule has 0 bridgehead atoms. The zero-order valence-electron chi connectivity index (χ0n) is 11.7. The van der Waals surface area contributed by atoms with Crippen molar-refractivity contribution in [1.82, 2.24) is 5.32 Å². The van der Waals surface area contributed by atoms with E-state index in [-0.39, 0.29) is 16.7 Å². The lowest BCUT2D eigenvalue weighted by atomic mass is 10.00. The molecule has 1 unspecified atom stereocenters. The fourth-order valence-corrected chi connectivity index (χ4v) is 3.60. The van der Waals surface area contributed by atoms with Crippen LogP contribution in [-0.4, -0.2) is 30.9 Å². The Balaban J connectivity index is 2.13. The van der Waals surface area contributed by atoms with E-state index >= 15 is 0 Å². The van der Waals surface area contributed by atoms with Crippen molar-refractivity contribution in [3.8, 4) is 0 Å². The number of fused-ring (bicyclic) bond motifs is 1. The predicted molar refractivity (Wildman–Crippen MR) is 79.4 cm³/mol. The van der Waals surface area contributed by atoms with Crippen molar-refractivity contribution in [2.75, 3.05) is 19.5 Å². The van der Waals surface area contributed by atoms with Crippen LogP contribution in [0.3, 0.4) is 0 Å². The van der Waals surface area contributed by atoms with Crippen molar-refractivity contribution in [3.05, 3.63) is 35.4 Å². The monoisotopic (exact) mass is 279 g/mol. The summed E-state index contributed by atoms with van der Waals surface area (Å²) in [5.74, 6) is 1.08. The molecule has 1 aromatic rings. The Morgan fingerprint density at radius 3 is 2.95 bits per heavy atom. The van der Waals surface area contributed by atoms with Crippen LogP contribution in [0.25, 0.3) is 0 Å². The van der Waals surface area contributed by atoms with Crippen LogP contribution < -0.4 is 5.32 Å². The Bertz CT molecular complexity index is 459. The molecule has 1 aromatic carbocycles. The summed E-state index contributed by atoms with van der Waals surface area (Å²) in [4.78, 5) is 12.5. The largest absolute Gasteiger partial charge is 0.382 e. The molecule has 1 heterocycles. The number of aryl methyl sites for hydroxylation is 1. The molecule has 0 spiro atoms. The summed E-state index contributed by atoms with van der Waals surface area (Å²) < 4.78 is 5.14. The molecule has 104 valence electrons. The first-order chi connectivity index (χ1) is 9.03. The van der Waals surface area contributed by atoms with E-state index in [0.717, 1.165) is 17.7 Å². The van der Waals surface area contributed by atoms with E-state index in [0.29, 0.717) is 6.61 Å². The number of nitrogens with one attached hydrogen (secondary N) is 1. The van der Waals surface area contributed by atoms with Gasteiger partial charge in [-0.05, 0) is 37.1 Å². The Hall–Kier alpha value is -1.00. The van der Waals surface area contributed by atoms with E-state index < -0.39 is 0 Å². The number of ether oxygens (including phenoxy) is 1. The number of hydrogen-bond donors (Lipinski definition) is 1. The lowest BCUT2D eigenvalue weighted by molar-refractivity contribution is -0.122. The molecule has 3 nitrogen and oxygen atoms in total. The number of benzene rings is 1. The van der Waals surface area contributed by atoms with Crippen molar-refractivity contribution in [1.29, 1.82) is 0 Å². The Morgan fingerprint density at radius 2 is 2.21 bits per heavy atom. The fraction of sp³-hybridized carbons (Fsp3) is 0.533. The van der Waals surface area contributed by atoms with Gasteiger partial charge in [0.2, 0.25) is 5.91 Å². The number of hydrogen-bond acceptors (Lipinski definition) is 3. The lowest BCUT2D eigenvalue weighted by Crippen LogP contribution is -2.48. The molecule has 4 heteroatoms. The van der Waals surface area contributed by atoms with E-state index in [4.69, 9.17) is 4.74 Å². The standard InChI is InChI=1S/C15H21NO2S/c1-15(2,10-18-3)16-14(17)13-12-7-5-4-6-11(12)8-9-19-13/h4-7,13H,8-10H2,1-3H3,(H,16,17). The van der Waals surface area contributed by atoms with Crippen molar-refractivity contribution in [2.45, 2.75) is 31.1 Å². The number of methoxy groups -OCH3 is 1. The number of amides is 1. The molecular formula is C15H21NO2S. The van der Waals surface area contributed by atoms with Gasteiger partial charge in [0, 0.05) is 7.11 Å². The van der Waals surface area contributed by atoms with E-state index in [1.54, 1.807) is 18.9 Å². The predicted octanol–water partition coefficient (Wildman–Crippen LogP) is 2.56. The molecule has 2 rings (SSSR count). The first kappa shape index (κ1) is 14.4. The van der Waals surface area contributed by atoms with Crippen molar-refractivity contribution in [2.24, 2.45) is 0 Å². The first-order valence-electron chi connectivity index (χ1n) is 6.54. The van der Waals surface area contributed by atoms with Crippen molar-refractivity contribution < 1.29 is 9.53 Å². The van der Waals surface area contributed by atoms with Gasteiger partial charge < -0.3 is 10.1 Å². The van der Waals surface area contributed by atoms with Crippen LogP contribution in [0.4, 0.5) is 0 Å². The molecule has 1 amide bonds. The Kier molecular flexibility index (Phi) is 4.53. The molecular weight excluding hydrogens is 258 g/mol. The molecule has 0 radical (unpaired) electrons. The van der Waals surface area contributed by atoms with Gasteiger partial charge in [-0.1, -0.05) is 24.3 Å². The molecule has 0 fully saturated rings. The second-order valence-electron chi connectivity index (χ2n) is 5.51. The molecule has 0 saturated carbocycles. The van der Waals surface area contributed by atoms with Gasteiger partial charge in [0.15, 0.2) is 0 Å². The van der Waals surface area contributed by atoms with Crippen LogP contribution in [-0.2, 0) is 16.0 Å². The van der Waals surface area contributed by atoms with Gasteiger partial charge in [-0.25, -0.2) is 0 Å². The average Bonchev–Trinajstić information content (AvgIpc) is 2.37. The zero-order chi connectivity index (χ0) is 13.9. The van der Waals surface area contributed by atoms with Gasteiger partial charge >= 0.3 is 0 Å². The third-order valence-corrected chi connectivity index (χ3v) is 4.44. The third kappa shape index (κ3) is 3.51. The number of carbonyl (C=O) groups excluding carboxylic acids is 1. The molecule has 1 aliphatic rings. The summed E-state index contributed by atoms with van der Waals surface area (Å²) in [6.07, 6.45) is 1.05. The molecule has 0 saturated heterocycles. The Morgan fingerprint density at radius 1 is 1.47 bits per heavy atom. The first-order valence-corrected chi connectivity index (χ1v) is 7.59. The third-order valence-electron chi connectivity index (χ3n) is 3.20. The van der Waals surface area contributed by atoms with Gasteiger partial charge in [-0.2, -0.15) is 0 Å². The van der Waals surface area contributed by atoms with E-state index in [9.17, 15) is 4.79 Å². The molecule has 1 atom stereocenters.